The van der Waals surface area contributed by atoms with Gasteiger partial charge in [0.15, 0.2) is 5.17 Å². The maximum atomic E-state index is 7.23. The smallest absolute Gasteiger partial charge is 0.155 e. The number of allylic oxidation sites excluding steroid dienone is 2. The Bertz CT molecular complexity index is 230. The first-order chi connectivity index (χ1) is 9.63. The largest absolute Gasteiger partial charge is 0.385 e. The number of rotatable bonds is 2. The highest BCUT2D eigenvalue weighted by molar-refractivity contribution is 8.13. The van der Waals surface area contributed by atoms with E-state index < -0.39 is 0 Å². The zero-order valence-corrected chi connectivity index (χ0v) is 15.7. The fraction of sp³-hybridized carbons (Fsp3) is 0.667. The molecule has 0 saturated carbocycles. The van der Waals surface area contributed by atoms with Crippen molar-refractivity contribution in [2.45, 2.75) is 27.7 Å². The van der Waals surface area contributed by atoms with Crippen molar-refractivity contribution in [3.05, 3.63) is 23.6 Å². The lowest BCUT2D eigenvalue weighted by Crippen LogP contribution is -2.21. The molecule has 0 fully saturated rings. The maximum absolute atomic E-state index is 7.23. The minimum Gasteiger partial charge on any atom is -0.385 e. The monoisotopic (exact) mass is 320 g/mol. The van der Waals surface area contributed by atoms with Gasteiger partial charge in [-0.05, 0) is 25.5 Å². The van der Waals surface area contributed by atoms with Crippen molar-refractivity contribution in [2.24, 2.45) is 0 Å². The number of thioether (sulfide) groups is 2. The molecule has 0 unspecified atom stereocenters. The SMILES string of the molecule is C1=CCSC=C1.CC.CCN(C)C(=N)SC.CCOC. The van der Waals surface area contributed by atoms with Crippen molar-refractivity contribution >= 4 is 28.7 Å². The Morgan fingerprint density at radius 1 is 1.35 bits per heavy atom. The van der Waals surface area contributed by atoms with Crippen LogP contribution in [0.2, 0.25) is 0 Å². The molecule has 5 heteroatoms. The van der Waals surface area contributed by atoms with Crippen LogP contribution < -0.4 is 0 Å². The number of hydrogen-bond acceptors (Lipinski definition) is 4. The van der Waals surface area contributed by atoms with Gasteiger partial charge in [-0.25, -0.2) is 0 Å². The molecule has 0 spiro atoms. The van der Waals surface area contributed by atoms with Crippen molar-refractivity contribution in [1.82, 2.24) is 4.90 Å². The van der Waals surface area contributed by atoms with E-state index in [1.54, 1.807) is 7.11 Å². The molecule has 0 radical (unpaired) electrons. The van der Waals surface area contributed by atoms with Crippen LogP contribution >= 0.6 is 23.5 Å². The molecule has 0 aromatic heterocycles. The summed E-state index contributed by atoms with van der Waals surface area (Å²) in [6.45, 7) is 9.73. The van der Waals surface area contributed by atoms with Crippen LogP contribution in [0.5, 0.6) is 0 Å². The van der Waals surface area contributed by atoms with Crippen molar-refractivity contribution < 1.29 is 4.74 Å². The molecule has 0 amide bonds. The van der Waals surface area contributed by atoms with Crippen LogP contribution in [-0.4, -0.2) is 49.4 Å². The second kappa shape index (κ2) is 23.7. The number of nitrogens with one attached hydrogen (secondary N) is 1. The Morgan fingerprint density at radius 2 is 1.90 bits per heavy atom. The Morgan fingerprint density at radius 3 is 2.00 bits per heavy atom. The average Bonchev–Trinajstić information content (AvgIpc) is 2.57. The van der Waals surface area contributed by atoms with Crippen molar-refractivity contribution in [3.8, 4) is 0 Å². The van der Waals surface area contributed by atoms with Crippen molar-refractivity contribution in [2.75, 3.05) is 39.3 Å². The number of ether oxygens (including phenoxy) is 1. The molecule has 1 heterocycles. The van der Waals surface area contributed by atoms with E-state index in [2.05, 4.69) is 22.3 Å². The highest BCUT2D eigenvalue weighted by Gasteiger charge is 1.95. The average molecular weight is 321 g/mol. The molecule has 0 aromatic carbocycles. The van der Waals surface area contributed by atoms with E-state index in [4.69, 9.17) is 5.41 Å². The molecule has 0 atom stereocenters. The van der Waals surface area contributed by atoms with Crippen molar-refractivity contribution in [1.29, 1.82) is 5.41 Å². The van der Waals surface area contributed by atoms with Crippen LogP contribution in [-0.2, 0) is 4.74 Å². The van der Waals surface area contributed by atoms with Crippen LogP contribution in [0.1, 0.15) is 27.7 Å². The molecular formula is C15H32N2OS2. The van der Waals surface area contributed by atoms with E-state index >= 15 is 0 Å². The third-order valence-electron chi connectivity index (χ3n) is 1.92. The molecule has 1 N–H and O–H groups in total. The maximum Gasteiger partial charge on any atom is 0.155 e. The normalized spacial score (nSPS) is 10.9. The van der Waals surface area contributed by atoms with Gasteiger partial charge >= 0.3 is 0 Å². The molecule has 20 heavy (non-hydrogen) atoms. The summed E-state index contributed by atoms with van der Waals surface area (Å²) in [5, 5.41) is 9.96. The van der Waals surface area contributed by atoms with Crippen LogP contribution in [0.3, 0.4) is 0 Å². The fourth-order valence-electron chi connectivity index (χ4n) is 0.646. The molecule has 1 rings (SSSR count). The zero-order chi connectivity index (χ0) is 16.2. The third-order valence-corrected chi connectivity index (χ3v) is 3.35. The second-order valence-electron chi connectivity index (χ2n) is 3.19. The minimum atomic E-state index is 0.632. The molecule has 1 aliphatic rings. The molecular weight excluding hydrogens is 288 g/mol. The summed E-state index contributed by atoms with van der Waals surface area (Å²) >= 11 is 3.29. The third kappa shape index (κ3) is 22.8. The highest BCUT2D eigenvalue weighted by atomic mass is 32.2. The first kappa shape index (κ1) is 24.6. The predicted octanol–water partition coefficient (Wildman–Crippen LogP) is 4.72. The van der Waals surface area contributed by atoms with Gasteiger partial charge in [0.05, 0.1) is 0 Å². The lowest BCUT2D eigenvalue weighted by atomic mass is 10.5. The van der Waals surface area contributed by atoms with E-state index in [1.165, 1.54) is 11.8 Å². The van der Waals surface area contributed by atoms with Gasteiger partial charge in [-0.3, -0.25) is 5.41 Å². The molecule has 0 saturated heterocycles. The quantitative estimate of drug-likeness (QED) is 0.590. The van der Waals surface area contributed by atoms with E-state index in [0.29, 0.717) is 5.17 Å². The van der Waals surface area contributed by atoms with Gasteiger partial charge in [-0.15, -0.1) is 11.8 Å². The van der Waals surface area contributed by atoms with Crippen molar-refractivity contribution in [3.63, 3.8) is 0 Å². The fourth-order valence-corrected chi connectivity index (χ4v) is 1.62. The molecule has 120 valence electrons. The number of methoxy groups -OCH3 is 1. The lowest BCUT2D eigenvalue weighted by molar-refractivity contribution is 0.215. The highest BCUT2D eigenvalue weighted by Crippen LogP contribution is 2.05. The molecule has 0 aromatic rings. The predicted molar refractivity (Wildman–Crippen MR) is 99.2 cm³/mol. The molecule has 1 aliphatic heterocycles. The lowest BCUT2D eigenvalue weighted by Gasteiger charge is -2.14. The summed E-state index contributed by atoms with van der Waals surface area (Å²) in [7, 11) is 3.60. The topological polar surface area (TPSA) is 36.3 Å². The molecule has 0 aliphatic carbocycles. The van der Waals surface area contributed by atoms with Crippen LogP contribution in [0, 0.1) is 5.41 Å². The van der Waals surface area contributed by atoms with Gasteiger partial charge in [-0.2, -0.15) is 0 Å². The van der Waals surface area contributed by atoms with Crippen LogP contribution in [0.4, 0.5) is 0 Å². The zero-order valence-electron chi connectivity index (χ0n) is 14.1. The summed E-state index contributed by atoms with van der Waals surface area (Å²) in [5.41, 5.74) is 0. The van der Waals surface area contributed by atoms with Crippen LogP contribution in [0.25, 0.3) is 0 Å². The summed E-state index contributed by atoms with van der Waals surface area (Å²) < 4.78 is 4.54. The van der Waals surface area contributed by atoms with E-state index in [9.17, 15) is 0 Å². The summed E-state index contributed by atoms with van der Waals surface area (Å²) in [5.74, 6) is 1.15. The molecule has 0 bridgehead atoms. The minimum absolute atomic E-state index is 0.632. The van der Waals surface area contributed by atoms with Gasteiger partial charge in [0.1, 0.15) is 0 Å². The number of nitrogens with zero attached hydrogens (tertiary/aromatic N) is 1. The summed E-state index contributed by atoms with van der Waals surface area (Å²) in [4.78, 5) is 1.89. The first-order valence-corrected chi connectivity index (χ1v) is 9.17. The Kier molecular flexibility index (Phi) is 29.2. The van der Waals surface area contributed by atoms with Crippen LogP contribution in [0.15, 0.2) is 23.6 Å². The van der Waals surface area contributed by atoms with Gasteiger partial charge in [-0.1, -0.05) is 43.8 Å². The Labute approximate surface area is 134 Å². The van der Waals surface area contributed by atoms with E-state index in [-0.39, 0.29) is 0 Å². The number of amidine groups is 1. The summed E-state index contributed by atoms with van der Waals surface area (Å²) in [6.07, 6.45) is 8.17. The summed E-state index contributed by atoms with van der Waals surface area (Å²) in [6, 6.07) is 0. The van der Waals surface area contributed by atoms with Gasteiger partial charge < -0.3 is 9.64 Å². The second-order valence-corrected chi connectivity index (χ2v) is 4.92. The first-order valence-electron chi connectivity index (χ1n) is 6.89. The standard InChI is InChI=1S/C5H12N2S.C5H6S.C3H8O.C2H6/c1-4-7(2)5(6)8-3;1-2-4-6-5-3-1;1-3-4-2;1-2/h6H,4H2,1-3H3;1-4H,5H2;3H2,1-2H3;1-2H3. The number of hydrogen-bond donors (Lipinski definition) is 1. The molecule has 3 nitrogen and oxygen atoms in total. The van der Waals surface area contributed by atoms with E-state index in [1.807, 2.05) is 63.7 Å². The van der Waals surface area contributed by atoms with Gasteiger partial charge in [0.2, 0.25) is 0 Å². The van der Waals surface area contributed by atoms with E-state index in [0.717, 1.165) is 18.9 Å². The Hall–Kier alpha value is -0.390. The van der Waals surface area contributed by atoms with Gasteiger partial charge in [0.25, 0.3) is 0 Å². The Balaban J connectivity index is -0.000000213. The van der Waals surface area contributed by atoms with Gasteiger partial charge in [0, 0.05) is 33.1 Å².